The van der Waals surface area contributed by atoms with Gasteiger partial charge in [-0.1, -0.05) is 67.5 Å². The summed E-state index contributed by atoms with van der Waals surface area (Å²) in [5, 5.41) is 0. The van der Waals surface area contributed by atoms with Gasteiger partial charge in [-0.15, -0.1) is 0 Å². The molecule has 0 fully saturated rings. The summed E-state index contributed by atoms with van der Waals surface area (Å²) in [5.74, 6) is -0.000544. The second kappa shape index (κ2) is 11.5. The molecule has 170 valence electrons. The SMILES string of the molecule is C[C@@H](CCOC(=O)c1ccccc1C(=O)OCC[C@H](C)CC(C)(C)C)CC(C)(C)C. The molecule has 4 heteroatoms. The maximum Gasteiger partial charge on any atom is 0.339 e. The minimum Gasteiger partial charge on any atom is -0.462 e. The zero-order chi connectivity index (χ0) is 22.9. The molecular weight excluding hydrogens is 376 g/mol. The first kappa shape index (κ1) is 26.2. The maximum absolute atomic E-state index is 12.5. The topological polar surface area (TPSA) is 52.6 Å². The highest BCUT2D eigenvalue weighted by Crippen LogP contribution is 2.27. The van der Waals surface area contributed by atoms with Crippen LogP contribution in [0.15, 0.2) is 24.3 Å². The summed E-state index contributed by atoms with van der Waals surface area (Å²) in [4.78, 5) is 25.1. The standard InChI is InChI=1S/C26H42O4/c1-19(17-25(3,4)5)13-15-29-23(27)21-11-9-10-12-22(21)24(28)30-16-14-20(2)18-26(6,7)8/h9-12,19-20H,13-18H2,1-8H3/t19-,20-/m0/s1. The van der Waals surface area contributed by atoms with Gasteiger partial charge < -0.3 is 9.47 Å². The van der Waals surface area contributed by atoms with Crippen molar-refractivity contribution in [1.82, 2.24) is 0 Å². The van der Waals surface area contributed by atoms with Crippen LogP contribution in [0.25, 0.3) is 0 Å². The van der Waals surface area contributed by atoms with Gasteiger partial charge in [0.05, 0.1) is 24.3 Å². The van der Waals surface area contributed by atoms with Crippen molar-refractivity contribution < 1.29 is 19.1 Å². The molecule has 0 N–H and O–H groups in total. The van der Waals surface area contributed by atoms with E-state index in [1.807, 2.05) is 0 Å². The third-order valence-corrected chi connectivity index (χ3v) is 4.98. The number of benzene rings is 1. The third kappa shape index (κ3) is 10.8. The molecule has 1 aromatic rings. The highest BCUT2D eigenvalue weighted by atomic mass is 16.5. The smallest absolute Gasteiger partial charge is 0.339 e. The molecule has 0 radical (unpaired) electrons. The van der Waals surface area contributed by atoms with E-state index in [0.29, 0.717) is 25.0 Å². The summed E-state index contributed by atoms with van der Waals surface area (Å²) in [6, 6.07) is 6.72. The molecule has 30 heavy (non-hydrogen) atoms. The van der Waals surface area contributed by atoms with Gasteiger partial charge in [0.1, 0.15) is 0 Å². The summed E-state index contributed by atoms with van der Waals surface area (Å²) in [7, 11) is 0. The number of rotatable bonds is 10. The van der Waals surface area contributed by atoms with Crippen molar-refractivity contribution in [3.63, 3.8) is 0 Å². The van der Waals surface area contributed by atoms with Crippen LogP contribution in [-0.4, -0.2) is 25.2 Å². The van der Waals surface area contributed by atoms with Gasteiger partial charge in [0.15, 0.2) is 0 Å². The molecule has 4 nitrogen and oxygen atoms in total. The molecule has 0 aliphatic heterocycles. The maximum atomic E-state index is 12.5. The van der Waals surface area contributed by atoms with E-state index in [4.69, 9.17) is 9.47 Å². The molecule has 0 amide bonds. The second-order valence-corrected chi connectivity index (χ2v) is 11.1. The van der Waals surface area contributed by atoms with Crippen molar-refractivity contribution in [2.24, 2.45) is 22.7 Å². The number of carbonyl (C=O) groups is 2. The number of carbonyl (C=O) groups excluding carboxylic acids is 2. The first-order chi connectivity index (χ1) is 13.8. The lowest BCUT2D eigenvalue weighted by Gasteiger charge is -2.23. The minimum atomic E-state index is -0.466. The largest absolute Gasteiger partial charge is 0.462 e. The summed E-state index contributed by atoms with van der Waals surface area (Å²) >= 11 is 0. The van der Waals surface area contributed by atoms with Gasteiger partial charge in [-0.25, -0.2) is 9.59 Å². The van der Waals surface area contributed by atoms with Crippen molar-refractivity contribution in [3.8, 4) is 0 Å². The summed E-state index contributed by atoms with van der Waals surface area (Å²) < 4.78 is 10.9. The fourth-order valence-corrected chi connectivity index (χ4v) is 4.00. The summed E-state index contributed by atoms with van der Waals surface area (Å²) in [5.41, 5.74) is 1.05. The average Bonchev–Trinajstić information content (AvgIpc) is 2.58. The van der Waals surface area contributed by atoms with E-state index in [1.165, 1.54) is 0 Å². The van der Waals surface area contributed by atoms with Crippen LogP contribution in [0.1, 0.15) is 102 Å². The van der Waals surface area contributed by atoms with Crippen LogP contribution < -0.4 is 0 Å². The normalized spacial score (nSPS) is 14.1. The molecule has 0 unspecified atom stereocenters. The Morgan fingerprint density at radius 3 is 1.37 bits per heavy atom. The molecule has 2 atom stereocenters. The van der Waals surface area contributed by atoms with Gasteiger partial charge in [-0.3, -0.25) is 0 Å². The van der Waals surface area contributed by atoms with Gasteiger partial charge in [-0.2, -0.15) is 0 Å². The van der Waals surface area contributed by atoms with Gasteiger partial charge in [-0.05, 0) is 60.5 Å². The lowest BCUT2D eigenvalue weighted by molar-refractivity contribution is 0.0430. The van der Waals surface area contributed by atoms with Gasteiger partial charge in [0.2, 0.25) is 0 Å². The Balaban J connectivity index is 2.58. The predicted octanol–water partition coefficient (Wildman–Crippen LogP) is 6.93. The van der Waals surface area contributed by atoms with Crippen molar-refractivity contribution in [2.45, 2.75) is 81.1 Å². The van der Waals surface area contributed by atoms with E-state index in [2.05, 4.69) is 55.4 Å². The fourth-order valence-electron chi connectivity index (χ4n) is 4.00. The summed E-state index contributed by atoms with van der Waals surface area (Å²) in [6.45, 7) is 18.3. The van der Waals surface area contributed by atoms with Gasteiger partial charge in [0, 0.05) is 0 Å². The summed E-state index contributed by atoms with van der Waals surface area (Å²) in [6.07, 6.45) is 3.75. The van der Waals surface area contributed by atoms with E-state index in [1.54, 1.807) is 24.3 Å². The van der Waals surface area contributed by atoms with Crippen molar-refractivity contribution in [1.29, 1.82) is 0 Å². The fraction of sp³-hybridized carbons (Fsp3) is 0.692. The number of esters is 2. The highest BCUT2D eigenvalue weighted by Gasteiger charge is 2.21. The average molecular weight is 419 g/mol. The monoisotopic (exact) mass is 418 g/mol. The Kier molecular flexibility index (Phi) is 10.1. The number of ether oxygens (including phenoxy) is 2. The Labute approximate surface area is 183 Å². The van der Waals surface area contributed by atoms with Crippen LogP contribution in [0.5, 0.6) is 0 Å². The van der Waals surface area contributed by atoms with Crippen LogP contribution in [0.2, 0.25) is 0 Å². The van der Waals surface area contributed by atoms with Gasteiger partial charge in [0.25, 0.3) is 0 Å². The van der Waals surface area contributed by atoms with Gasteiger partial charge >= 0.3 is 11.9 Å². The molecule has 0 aromatic heterocycles. The van der Waals surface area contributed by atoms with Crippen LogP contribution >= 0.6 is 0 Å². The molecule has 0 spiro atoms. The van der Waals surface area contributed by atoms with Crippen molar-refractivity contribution in [3.05, 3.63) is 35.4 Å². The van der Waals surface area contributed by atoms with E-state index in [9.17, 15) is 9.59 Å². The molecule has 0 saturated carbocycles. The molecular formula is C26H42O4. The van der Waals surface area contributed by atoms with E-state index < -0.39 is 11.9 Å². The van der Waals surface area contributed by atoms with E-state index in [-0.39, 0.29) is 22.0 Å². The van der Waals surface area contributed by atoms with Crippen LogP contribution in [0.3, 0.4) is 0 Å². The Bertz CT molecular complexity index is 620. The first-order valence-corrected chi connectivity index (χ1v) is 11.2. The third-order valence-electron chi connectivity index (χ3n) is 4.98. The molecule has 0 aliphatic carbocycles. The lowest BCUT2D eigenvalue weighted by Crippen LogP contribution is -2.18. The molecule has 1 aromatic carbocycles. The zero-order valence-corrected chi connectivity index (χ0v) is 20.3. The Morgan fingerprint density at radius 2 is 1.07 bits per heavy atom. The highest BCUT2D eigenvalue weighted by molar-refractivity contribution is 6.03. The molecule has 0 aliphatic rings. The van der Waals surface area contributed by atoms with E-state index >= 15 is 0 Å². The van der Waals surface area contributed by atoms with Crippen molar-refractivity contribution in [2.75, 3.05) is 13.2 Å². The molecule has 1 rings (SSSR count). The lowest BCUT2D eigenvalue weighted by atomic mass is 9.84. The quantitative estimate of drug-likeness (QED) is 0.387. The number of hydrogen-bond acceptors (Lipinski definition) is 4. The van der Waals surface area contributed by atoms with Crippen LogP contribution in [0.4, 0.5) is 0 Å². The Hall–Kier alpha value is -1.84. The van der Waals surface area contributed by atoms with E-state index in [0.717, 1.165) is 25.7 Å². The Morgan fingerprint density at radius 1 is 0.733 bits per heavy atom. The predicted molar refractivity (Wildman–Crippen MR) is 123 cm³/mol. The molecule has 0 heterocycles. The zero-order valence-electron chi connectivity index (χ0n) is 20.3. The van der Waals surface area contributed by atoms with Crippen LogP contribution in [-0.2, 0) is 9.47 Å². The van der Waals surface area contributed by atoms with Crippen molar-refractivity contribution >= 4 is 11.9 Å². The minimum absolute atomic E-state index is 0.254. The number of hydrogen-bond donors (Lipinski definition) is 0. The molecule has 0 bridgehead atoms. The molecule has 0 saturated heterocycles. The first-order valence-electron chi connectivity index (χ1n) is 11.2. The van der Waals surface area contributed by atoms with Crippen LogP contribution in [0, 0.1) is 22.7 Å². The second-order valence-electron chi connectivity index (χ2n) is 11.1.